The Hall–Kier alpha value is 1.37. The second-order valence-corrected chi connectivity index (χ2v) is 1.84. The number of hydrogen-bond acceptors (Lipinski definition) is 5. The van der Waals surface area contributed by atoms with Crippen LogP contribution in [0.1, 0.15) is 7.43 Å². The minimum absolute atomic E-state index is 0. The van der Waals surface area contributed by atoms with Gasteiger partial charge >= 0.3 is 37.7 Å². The third kappa shape index (κ3) is 22.8. The van der Waals surface area contributed by atoms with Gasteiger partial charge in [0.2, 0.25) is 0 Å². The van der Waals surface area contributed by atoms with Crippen molar-refractivity contribution in [3.05, 3.63) is 0 Å². The molecule has 0 radical (unpaired) electrons. The van der Waals surface area contributed by atoms with Crippen molar-refractivity contribution >= 4 is 22.7 Å². The van der Waals surface area contributed by atoms with Gasteiger partial charge in [-0.15, -0.1) is 0 Å². The predicted molar refractivity (Wildman–Crippen MR) is 25.7 cm³/mol. The summed E-state index contributed by atoms with van der Waals surface area (Å²) in [5.41, 5.74) is 0. The molecule has 0 saturated carbocycles. The first-order chi connectivity index (χ1) is 3.13. The maximum atomic E-state index is 9.19. The fourth-order valence-corrected chi connectivity index (χ4v) is 0.408. The molecule has 0 N–H and O–H groups in total. The topological polar surface area (TPSA) is 89.5 Å². The molecule has 0 unspecified atom stereocenters. The van der Waals surface area contributed by atoms with Crippen molar-refractivity contribution < 1.29 is 58.9 Å². The summed E-state index contributed by atoms with van der Waals surface area (Å²) in [5, 5.41) is 0. The summed E-state index contributed by atoms with van der Waals surface area (Å²) in [6.45, 7) is 0. The van der Waals surface area contributed by atoms with E-state index in [-0.39, 0.29) is 45.1 Å². The Kier molecular flexibility index (Phi) is 29.3. The molecule has 10 heavy (non-hydrogen) atoms. The van der Waals surface area contributed by atoms with E-state index in [9.17, 15) is 17.5 Å². The van der Waals surface area contributed by atoms with E-state index in [0.29, 0.717) is 0 Å². The Morgan fingerprint density at radius 3 is 1.20 bits per heavy atom. The van der Waals surface area contributed by atoms with Crippen LogP contribution in [0.15, 0.2) is 0 Å². The Labute approximate surface area is 88.6 Å². The molecule has 0 aliphatic heterocycles. The Balaban J connectivity index is -0.0000000600. The van der Waals surface area contributed by atoms with Gasteiger partial charge in [0.15, 0.2) is 0 Å². The molecule has 0 aromatic carbocycles. The smallest absolute Gasteiger partial charge is 0.749 e. The molecule has 0 saturated heterocycles. The largest absolute Gasteiger partial charge is 1.00 e. The minimum Gasteiger partial charge on any atom is -0.749 e. The third-order valence-corrected chi connectivity index (χ3v) is 1.00. The maximum Gasteiger partial charge on any atom is 1.00 e. The van der Waals surface area contributed by atoms with Crippen LogP contribution in [0, 0.1) is 0 Å². The summed E-state index contributed by atoms with van der Waals surface area (Å²) in [7, 11) is 0. The Bertz CT molecular complexity index is 93.8. The van der Waals surface area contributed by atoms with E-state index < -0.39 is 22.7 Å². The summed E-state index contributed by atoms with van der Waals surface area (Å²) in [6.07, 6.45) is 0. The van der Waals surface area contributed by atoms with Crippen molar-refractivity contribution in [2.75, 3.05) is 0 Å². The maximum absolute atomic E-state index is 9.19. The Morgan fingerprint density at radius 1 is 1.00 bits per heavy atom. The van der Waals surface area contributed by atoms with E-state index in [0.717, 1.165) is 0 Å². The van der Waals surface area contributed by atoms with E-state index >= 15 is 0 Å². The summed E-state index contributed by atoms with van der Waals surface area (Å²) < 4.78 is 39.9. The molecule has 0 heterocycles. The van der Waals surface area contributed by atoms with Crippen molar-refractivity contribution in [1.29, 1.82) is 0 Å². The van der Waals surface area contributed by atoms with Gasteiger partial charge in [0.1, 0.15) is 0 Å². The van der Waals surface area contributed by atoms with E-state index in [1.54, 1.807) is 0 Å². The average molecular weight is 174 g/mol. The van der Waals surface area contributed by atoms with Crippen LogP contribution in [-0.2, 0) is 26.4 Å². The van der Waals surface area contributed by atoms with Gasteiger partial charge < -0.3 is 9.11 Å². The molecular weight excluding hydrogens is 170 g/mol. The summed E-state index contributed by atoms with van der Waals surface area (Å²) >= 11 is -5.92. The van der Waals surface area contributed by atoms with Gasteiger partial charge in [0.25, 0.3) is 0 Å². The fraction of sp³-hybridized carbons (Fsp3) is 1.00. The van der Waals surface area contributed by atoms with Gasteiger partial charge in [-0.3, -0.25) is 0 Å². The van der Waals surface area contributed by atoms with Crippen LogP contribution < -0.4 is 37.7 Å². The average Bonchev–Trinajstić information content (AvgIpc) is 1.27. The SMILES string of the molecule is C.O=S([O-])OS(=O)[O-].[Li+].[Li+]. The molecule has 0 fully saturated rings. The van der Waals surface area contributed by atoms with Gasteiger partial charge in [-0.05, 0) is 0 Å². The van der Waals surface area contributed by atoms with E-state index in [4.69, 9.17) is 0 Å². The zero-order valence-corrected chi connectivity index (χ0v) is 6.49. The molecule has 5 nitrogen and oxygen atoms in total. The molecule has 0 aromatic rings. The summed E-state index contributed by atoms with van der Waals surface area (Å²) in [4.78, 5) is 0. The first-order valence-electron chi connectivity index (χ1n) is 1.00. The Morgan fingerprint density at radius 2 is 1.20 bits per heavy atom. The molecule has 0 spiro atoms. The van der Waals surface area contributed by atoms with Crippen LogP contribution in [-0.4, -0.2) is 17.5 Å². The fourth-order valence-electron chi connectivity index (χ4n) is 0.0454. The molecule has 0 rings (SSSR count). The second-order valence-electron chi connectivity index (χ2n) is 0.476. The second kappa shape index (κ2) is 13.0. The molecule has 0 atom stereocenters. The van der Waals surface area contributed by atoms with E-state index in [1.807, 2.05) is 0 Å². The van der Waals surface area contributed by atoms with Gasteiger partial charge in [0.05, 0.1) is 22.7 Å². The zero-order valence-electron chi connectivity index (χ0n) is 4.86. The van der Waals surface area contributed by atoms with Crippen LogP contribution in [0.5, 0.6) is 0 Å². The number of hydrogen-bond donors (Lipinski definition) is 0. The van der Waals surface area contributed by atoms with E-state index in [1.165, 1.54) is 0 Å². The van der Waals surface area contributed by atoms with Crippen LogP contribution in [0.25, 0.3) is 0 Å². The van der Waals surface area contributed by atoms with Crippen LogP contribution >= 0.6 is 0 Å². The molecule has 0 amide bonds. The quantitative estimate of drug-likeness (QED) is 0.306. The molecule has 0 bridgehead atoms. The standard InChI is InChI=1S/CH4.2Li.H2O5S2/c;;;1-6(2)5-7(3)4/h1H4;;;(H,1,2)(H,3,4)/q;2*+1;/p-2. The van der Waals surface area contributed by atoms with Crippen molar-refractivity contribution in [2.45, 2.75) is 7.43 Å². The van der Waals surface area contributed by atoms with Gasteiger partial charge in [-0.1, -0.05) is 7.43 Å². The molecule has 52 valence electrons. The van der Waals surface area contributed by atoms with Crippen LogP contribution in [0.3, 0.4) is 0 Å². The first kappa shape index (κ1) is 22.5. The molecule has 0 aliphatic carbocycles. The molecule has 0 aromatic heterocycles. The van der Waals surface area contributed by atoms with Crippen LogP contribution in [0.2, 0.25) is 0 Å². The van der Waals surface area contributed by atoms with Crippen LogP contribution in [0.4, 0.5) is 0 Å². The summed E-state index contributed by atoms with van der Waals surface area (Å²) in [6, 6.07) is 0. The van der Waals surface area contributed by atoms with Crippen molar-refractivity contribution in [3.63, 3.8) is 0 Å². The van der Waals surface area contributed by atoms with E-state index in [2.05, 4.69) is 3.63 Å². The van der Waals surface area contributed by atoms with Crippen molar-refractivity contribution in [3.8, 4) is 0 Å². The van der Waals surface area contributed by atoms with Gasteiger partial charge in [-0.2, -0.15) is 0 Å². The first-order valence-corrected chi connectivity index (χ1v) is 3.00. The van der Waals surface area contributed by atoms with Crippen molar-refractivity contribution in [1.82, 2.24) is 0 Å². The molecule has 0 aliphatic rings. The monoisotopic (exact) mass is 174 g/mol. The van der Waals surface area contributed by atoms with Crippen molar-refractivity contribution in [2.24, 2.45) is 0 Å². The van der Waals surface area contributed by atoms with Gasteiger partial charge in [0, 0.05) is 0 Å². The normalized spacial score (nSPS) is 13.0. The van der Waals surface area contributed by atoms with Gasteiger partial charge in [-0.25, -0.2) is 12.0 Å². The molecular formula is CH4Li2O5S2. The summed E-state index contributed by atoms with van der Waals surface area (Å²) in [5.74, 6) is 0. The molecule has 9 heteroatoms. The zero-order chi connectivity index (χ0) is 5.86. The third-order valence-electron chi connectivity index (χ3n) is 0.111. The predicted octanol–water partition coefficient (Wildman–Crippen LogP) is -6.76. The number of rotatable bonds is 2. The minimum atomic E-state index is -2.96.